The minimum atomic E-state index is -0.764. The Kier molecular flexibility index (Phi) is 25.5. The summed E-state index contributed by atoms with van der Waals surface area (Å²) in [5.41, 5.74) is 4.95. The average molecular weight is 447 g/mol. The van der Waals surface area contributed by atoms with Crippen LogP contribution in [0.4, 0.5) is 0 Å². The number of hydrogen-bond acceptors (Lipinski definition) is 6. The minimum Gasteiger partial charge on any atom is -0.378 e. The van der Waals surface area contributed by atoms with E-state index in [1.165, 1.54) is 12.8 Å². The van der Waals surface area contributed by atoms with Crippen LogP contribution in [0.5, 0.6) is 0 Å². The monoisotopic (exact) mass is 446 g/mol. The van der Waals surface area contributed by atoms with Gasteiger partial charge in [-0.3, -0.25) is 9.59 Å². The van der Waals surface area contributed by atoms with Gasteiger partial charge in [-0.1, -0.05) is 54.9 Å². The fourth-order valence-corrected chi connectivity index (χ4v) is 2.64. The Balaban J connectivity index is -0.000000836. The summed E-state index contributed by atoms with van der Waals surface area (Å²) in [5.74, 6) is 0.200. The Morgan fingerprint density at radius 3 is 2.03 bits per heavy atom. The quantitative estimate of drug-likeness (QED) is 0.226. The molecule has 0 heterocycles. The lowest BCUT2D eigenvalue weighted by Gasteiger charge is -2.25. The molecular formula is C23H50N4O4. The number of nitrogens with two attached hydrogens (primary N) is 1. The van der Waals surface area contributed by atoms with Gasteiger partial charge in [-0.2, -0.15) is 0 Å². The number of aldehydes is 1. The summed E-state index contributed by atoms with van der Waals surface area (Å²) in [4.78, 5) is 33.7. The Morgan fingerprint density at radius 2 is 1.61 bits per heavy atom. The van der Waals surface area contributed by atoms with Gasteiger partial charge in [-0.15, -0.1) is 0 Å². The molecule has 0 aliphatic rings. The summed E-state index contributed by atoms with van der Waals surface area (Å²) in [6.07, 6.45) is 3.94. The van der Waals surface area contributed by atoms with Crippen molar-refractivity contribution in [1.82, 2.24) is 16.0 Å². The number of ether oxygens (including phenoxy) is 1. The number of carbonyl (C=O) groups excluding carboxylic acids is 3. The molecule has 0 saturated carbocycles. The second-order valence-electron chi connectivity index (χ2n) is 8.16. The van der Waals surface area contributed by atoms with Gasteiger partial charge in [-0.25, -0.2) is 0 Å². The number of unbranched alkanes of at least 4 members (excludes halogenated alkanes) is 1. The third-order valence-electron chi connectivity index (χ3n) is 4.01. The first-order valence-electron chi connectivity index (χ1n) is 11.6. The highest BCUT2D eigenvalue weighted by molar-refractivity contribution is 5.81. The van der Waals surface area contributed by atoms with Gasteiger partial charge < -0.3 is 31.2 Å². The topological polar surface area (TPSA) is 123 Å². The Labute approximate surface area is 190 Å². The van der Waals surface area contributed by atoms with E-state index in [9.17, 15) is 14.4 Å². The van der Waals surface area contributed by atoms with Crippen molar-refractivity contribution in [2.75, 3.05) is 39.9 Å². The molecule has 5 N–H and O–H groups in total. The summed E-state index contributed by atoms with van der Waals surface area (Å²) in [6.45, 7) is 16.9. The van der Waals surface area contributed by atoms with Crippen molar-refractivity contribution in [3.8, 4) is 0 Å². The van der Waals surface area contributed by atoms with Crippen LogP contribution >= 0.6 is 0 Å². The van der Waals surface area contributed by atoms with Crippen molar-refractivity contribution in [1.29, 1.82) is 0 Å². The third-order valence-corrected chi connectivity index (χ3v) is 4.01. The first-order chi connectivity index (χ1) is 14.6. The number of rotatable bonds is 15. The molecule has 186 valence electrons. The van der Waals surface area contributed by atoms with E-state index < -0.39 is 6.04 Å². The Bertz CT molecular complexity index is 439. The predicted octanol–water partition coefficient (Wildman–Crippen LogP) is 2.26. The van der Waals surface area contributed by atoms with Gasteiger partial charge in [0.05, 0.1) is 19.3 Å². The molecule has 0 aromatic rings. The van der Waals surface area contributed by atoms with Crippen LogP contribution in [-0.2, 0) is 19.1 Å². The van der Waals surface area contributed by atoms with E-state index in [1.54, 1.807) is 0 Å². The van der Waals surface area contributed by atoms with Gasteiger partial charge >= 0.3 is 0 Å². The molecule has 31 heavy (non-hydrogen) atoms. The Hall–Kier alpha value is -1.51. The van der Waals surface area contributed by atoms with Crippen LogP contribution in [0.15, 0.2) is 0 Å². The predicted molar refractivity (Wildman–Crippen MR) is 129 cm³/mol. The maximum Gasteiger partial charge on any atom is 0.225 e. The zero-order chi connectivity index (χ0) is 24.7. The molecule has 1 atom stereocenters. The highest BCUT2D eigenvalue weighted by atomic mass is 16.5. The molecular weight excluding hydrogens is 396 g/mol. The molecule has 0 spiro atoms. The fourth-order valence-electron chi connectivity index (χ4n) is 2.64. The molecule has 8 nitrogen and oxygen atoms in total. The normalized spacial score (nSPS) is 11.4. The standard InChI is InChI=1S/C16H31N3O4.C5H13N.C2H6/c1-12(2)10-16(3,4)15(22)19-6-8-23-7-5-18-14(21)9-13(17)11-20;1-3-4-5-6-2;1-2/h11-13H,5-10,17H2,1-4H3,(H,18,21)(H,19,22);6H,3-5H2,1-2H3;1-2H3. The zero-order valence-corrected chi connectivity index (χ0v) is 21.3. The molecule has 0 aromatic heterocycles. The lowest BCUT2D eigenvalue weighted by molar-refractivity contribution is -0.130. The van der Waals surface area contributed by atoms with E-state index in [2.05, 4.69) is 36.7 Å². The van der Waals surface area contributed by atoms with Gasteiger partial charge in [0.15, 0.2) is 0 Å². The molecule has 0 saturated heterocycles. The van der Waals surface area contributed by atoms with E-state index in [1.807, 2.05) is 34.7 Å². The Morgan fingerprint density at radius 1 is 1.06 bits per heavy atom. The average Bonchev–Trinajstić information content (AvgIpc) is 2.72. The van der Waals surface area contributed by atoms with Crippen LogP contribution in [0.1, 0.15) is 74.1 Å². The summed E-state index contributed by atoms with van der Waals surface area (Å²) in [6, 6.07) is -0.764. The number of nitrogens with one attached hydrogen (secondary N) is 3. The largest absolute Gasteiger partial charge is 0.378 e. The zero-order valence-electron chi connectivity index (χ0n) is 21.3. The first-order valence-corrected chi connectivity index (χ1v) is 11.6. The van der Waals surface area contributed by atoms with Crippen LogP contribution in [-0.4, -0.2) is 64.0 Å². The van der Waals surface area contributed by atoms with E-state index in [4.69, 9.17) is 10.5 Å². The van der Waals surface area contributed by atoms with Crippen molar-refractivity contribution < 1.29 is 19.1 Å². The van der Waals surface area contributed by atoms with E-state index in [0.717, 1.165) is 13.0 Å². The summed E-state index contributed by atoms with van der Waals surface area (Å²) >= 11 is 0. The number of hydrogen-bond donors (Lipinski definition) is 4. The molecule has 1 unspecified atom stereocenters. The third kappa shape index (κ3) is 24.6. The van der Waals surface area contributed by atoms with Gasteiger partial charge in [0.25, 0.3) is 0 Å². The summed E-state index contributed by atoms with van der Waals surface area (Å²) in [7, 11) is 1.98. The van der Waals surface area contributed by atoms with Crippen molar-refractivity contribution in [2.45, 2.75) is 80.2 Å². The highest BCUT2D eigenvalue weighted by Crippen LogP contribution is 2.25. The molecule has 2 amide bonds. The molecule has 0 aliphatic carbocycles. The molecule has 0 bridgehead atoms. The molecule has 8 heteroatoms. The van der Waals surface area contributed by atoms with Crippen LogP contribution in [0, 0.1) is 11.3 Å². The molecule has 0 fully saturated rings. The summed E-state index contributed by atoms with van der Waals surface area (Å²) < 4.78 is 5.33. The lowest BCUT2D eigenvalue weighted by atomic mass is 9.83. The number of carbonyl (C=O) groups is 3. The smallest absolute Gasteiger partial charge is 0.225 e. The van der Waals surface area contributed by atoms with E-state index in [0.29, 0.717) is 38.5 Å². The fraction of sp³-hybridized carbons (Fsp3) is 0.870. The van der Waals surface area contributed by atoms with Crippen molar-refractivity contribution in [2.24, 2.45) is 17.1 Å². The summed E-state index contributed by atoms with van der Waals surface area (Å²) in [5, 5.41) is 8.53. The molecule has 0 aromatic carbocycles. The maximum atomic E-state index is 12.0. The minimum absolute atomic E-state index is 0.0194. The van der Waals surface area contributed by atoms with Gasteiger partial charge in [0.2, 0.25) is 11.8 Å². The molecule has 0 aliphatic heterocycles. The van der Waals surface area contributed by atoms with Crippen LogP contribution < -0.4 is 21.7 Å². The maximum absolute atomic E-state index is 12.0. The molecule has 0 radical (unpaired) electrons. The van der Waals surface area contributed by atoms with Gasteiger partial charge in [-0.05, 0) is 32.4 Å². The second kappa shape index (κ2) is 23.2. The molecule has 0 rings (SSSR count). The van der Waals surface area contributed by atoms with Crippen LogP contribution in [0.3, 0.4) is 0 Å². The van der Waals surface area contributed by atoms with Crippen molar-refractivity contribution in [3.05, 3.63) is 0 Å². The van der Waals surface area contributed by atoms with E-state index in [-0.39, 0.29) is 23.7 Å². The SMILES string of the molecule is CC.CC(C)CC(C)(C)C(=O)NCCOCCNC(=O)CC(N)C=O.CCCCNC. The van der Waals surface area contributed by atoms with Crippen LogP contribution in [0.2, 0.25) is 0 Å². The number of amides is 2. The van der Waals surface area contributed by atoms with Crippen LogP contribution in [0.25, 0.3) is 0 Å². The van der Waals surface area contributed by atoms with Crippen molar-refractivity contribution in [3.63, 3.8) is 0 Å². The highest BCUT2D eigenvalue weighted by Gasteiger charge is 2.27. The first kappa shape index (κ1) is 34.1. The second-order valence-corrected chi connectivity index (χ2v) is 8.16. The van der Waals surface area contributed by atoms with Gasteiger partial charge in [0, 0.05) is 24.9 Å². The van der Waals surface area contributed by atoms with E-state index >= 15 is 0 Å². The van der Waals surface area contributed by atoms with Crippen molar-refractivity contribution >= 4 is 18.1 Å². The lowest BCUT2D eigenvalue weighted by Crippen LogP contribution is -2.39. The van der Waals surface area contributed by atoms with Gasteiger partial charge in [0.1, 0.15) is 6.29 Å².